The Balaban J connectivity index is 2.70. The van der Waals surface area contributed by atoms with Crippen LogP contribution in [0.4, 0.5) is 0 Å². The predicted molar refractivity (Wildman–Crippen MR) is 41.8 cm³/mol. The highest BCUT2D eigenvalue weighted by Gasteiger charge is 1.85. The zero-order chi connectivity index (χ0) is 7.66. The molecule has 0 rings (SSSR count). The minimum absolute atomic E-state index is 0.662. The molecule has 10 heavy (non-hydrogen) atoms. The molecule has 0 saturated heterocycles. The fourth-order valence-electron chi connectivity index (χ4n) is 0.662. The first kappa shape index (κ1) is 9.59. The summed E-state index contributed by atoms with van der Waals surface area (Å²) in [6.45, 7) is 2.63. The molecule has 0 atom stereocenters. The van der Waals surface area contributed by atoms with Gasteiger partial charge in [0.1, 0.15) is 6.29 Å². The van der Waals surface area contributed by atoms with Crippen LogP contribution in [0.5, 0.6) is 0 Å². The molecule has 3 nitrogen and oxygen atoms in total. The standard InChI is InChI=1S/C7H16N2O/c8-4-3-6-9-5-1-2-7-10/h7,9H,1-6,8H2. The second kappa shape index (κ2) is 8.59. The van der Waals surface area contributed by atoms with Crippen LogP contribution in [0, 0.1) is 0 Å². The maximum Gasteiger partial charge on any atom is 0.120 e. The average Bonchev–Trinajstić information content (AvgIpc) is 1.97. The third-order valence-electron chi connectivity index (χ3n) is 1.23. The van der Waals surface area contributed by atoms with E-state index in [4.69, 9.17) is 5.73 Å². The van der Waals surface area contributed by atoms with Gasteiger partial charge < -0.3 is 15.8 Å². The molecule has 0 saturated carbocycles. The summed E-state index contributed by atoms with van der Waals surface area (Å²) < 4.78 is 0. The zero-order valence-corrected chi connectivity index (χ0v) is 6.31. The highest BCUT2D eigenvalue weighted by atomic mass is 16.1. The fraction of sp³-hybridized carbons (Fsp3) is 0.857. The molecule has 60 valence electrons. The first-order valence-electron chi connectivity index (χ1n) is 3.76. The number of hydrogen-bond donors (Lipinski definition) is 2. The van der Waals surface area contributed by atoms with Gasteiger partial charge in [-0.1, -0.05) is 0 Å². The molecule has 3 N–H and O–H groups in total. The van der Waals surface area contributed by atoms with Crippen molar-refractivity contribution in [3.63, 3.8) is 0 Å². The molecule has 0 bridgehead atoms. The number of nitrogens with two attached hydrogens (primary N) is 1. The van der Waals surface area contributed by atoms with E-state index in [2.05, 4.69) is 5.32 Å². The lowest BCUT2D eigenvalue weighted by Gasteiger charge is -1.99. The summed E-state index contributed by atoms with van der Waals surface area (Å²) in [5, 5.41) is 3.18. The molecule has 0 unspecified atom stereocenters. The summed E-state index contributed by atoms with van der Waals surface area (Å²) in [4.78, 5) is 9.85. The van der Waals surface area contributed by atoms with Crippen molar-refractivity contribution in [2.45, 2.75) is 19.3 Å². The van der Waals surface area contributed by atoms with Gasteiger partial charge in [0, 0.05) is 6.42 Å². The van der Waals surface area contributed by atoms with Crippen LogP contribution in [0.15, 0.2) is 0 Å². The van der Waals surface area contributed by atoms with E-state index in [1.807, 2.05) is 0 Å². The van der Waals surface area contributed by atoms with Gasteiger partial charge in [0.2, 0.25) is 0 Å². The third kappa shape index (κ3) is 7.59. The summed E-state index contributed by atoms with van der Waals surface area (Å²) in [7, 11) is 0. The predicted octanol–water partition coefficient (Wildman–Crippen LogP) is -0.0961. The summed E-state index contributed by atoms with van der Waals surface area (Å²) >= 11 is 0. The van der Waals surface area contributed by atoms with Crippen LogP contribution in [-0.2, 0) is 4.79 Å². The minimum Gasteiger partial charge on any atom is -0.330 e. The average molecular weight is 144 g/mol. The molecular formula is C7H16N2O. The van der Waals surface area contributed by atoms with Crippen molar-refractivity contribution in [3.8, 4) is 0 Å². The molecule has 0 aliphatic heterocycles. The topological polar surface area (TPSA) is 55.1 Å². The van der Waals surface area contributed by atoms with Crippen LogP contribution in [-0.4, -0.2) is 25.9 Å². The molecular weight excluding hydrogens is 128 g/mol. The van der Waals surface area contributed by atoms with Crippen LogP contribution in [0.3, 0.4) is 0 Å². The van der Waals surface area contributed by atoms with Crippen molar-refractivity contribution < 1.29 is 4.79 Å². The fourth-order valence-corrected chi connectivity index (χ4v) is 0.662. The number of hydrogen-bond acceptors (Lipinski definition) is 3. The first-order valence-corrected chi connectivity index (χ1v) is 3.76. The zero-order valence-electron chi connectivity index (χ0n) is 6.31. The third-order valence-corrected chi connectivity index (χ3v) is 1.23. The number of aldehydes is 1. The Morgan fingerprint density at radius 2 is 2.00 bits per heavy atom. The van der Waals surface area contributed by atoms with Gasteiger partial charge in [-0.05, 0) is 32.5 Å². The largest absolute Gasteiger partial charge is 0.330 e. The molecule has 0 aromatic rings. The highest BCUT2D eigenvalue weighted by Crippen LogP contribution is 1.80. The molecule has 0 amide bonds. The maximum absolute atomic E-state index is 9.85. The van der Waals surface area contributed by atoms with E-state index in [0.717, 1.165) is 38.8 Å². The van der Waals surface area contributed by atoms with Crippen molar-refractivity contribution in [3.05, 3.63) is 0 Å². The minimum atomic E-state index is 0.662. The monoisotopic (exact) mass is 144 g/mol. The van der Waals surface area contributed by atoms with Gasteiger partial charge in [-0.25, -0.2) is 0 Å². The molecule has 0 aliphatic carbocycles. The Labute approximate surface area is 62.0 Å². The van der Waals surface area contributed by atoms with Crippen LogP contribution < -0.4 is 11.1 Å². The van der Waals surface area contributed by atoms with E-state index in [-0.39, 0.29) is 0 Å². The quantitative estimate of drug-likeness (QED) is 0.387. The molecule has 0 aliphatic rings. The van der Waals surface area contributed by atoms with Gasteiger partial charge in [-0.3, -0.25) is 0 Å². The second-order valence-electron chi connectivity index (χ2n) is 2.20. The number of carbonyl (C=O) groups excluding carboxylic acids is 1. The van der Waals surface area contributed by atoms with Crippen molar-refractivity contribution in [1.29, 1.82) is 0 Å². The lowest BCUT2D eigenvalue weighted by molar-refractivity contribution is -0.107. The SMILES string of the molecule is NCCCNCCCC=O. The van der Waals surface area contributed by atoms with Crippen molar-refractivity contribution in [2.75, 3.05) is 19.6 Å². The lowest BCUT2D eigenvalue weighted by atomic mass is 10.3. The Bertz CT molecular complexity index is 76.0. The molecule has 0 fully saturated rings. The smallest absolute Gasteiger partial charge is 0.120 e. The molecule has 0 heterocycles. The maximum atomic E-state index is 9.85. The van der Waals surface area contributed by atoms with Crippen LogP contribution in [0.2, 0.25) is 0 Å². The van der Waals surface area contributed by atoms with Crippen LogP contribution in [0.25, 0.3) is 0 Å². The number of carbonyl (C=O) groups is 1. The van der Waals surface area contributed by atoms with Crippen molar-refractivity contribution >= 4 is 6.29 Å². The molecule has 0 aromatic heterocycles. The summed E-state index contributed by atoms with van der Waals surface area (Å²) in [5.41, 5.74) is 5.27. The highest BCUT2D eigenvalue weighted by molar-refractivity contribution is 5.48. The first-order chi connectivity index (χ1) is 4.91. The van der Waals surface area contributed by atoms with E-state index >= 15 is 0 Å². The van der Waals surface area contributed by atoms with Crippen LogP contribution in [0.1, 0.15) is 19.3 Å². The van der Waals surface area contributed by atoms with Gasteiger partial charge in [-0.15, -0.1) is 0 Å². The van der Waals surface area contributed by atoms with Crippen molar-refractivity contribution in [2.24, 2.45) is 5.73 Å². The molecule has 0 aromatic carbocycles. The van der Waals surface area contributed by atoms with Gasteiger partial charge >= 0.3 is 0 Å². The molecule has 0 spiro atoms. The van der Waals surface area contributed by atoms with Crippen LogP contribution >= 0.6 is 0 Å². The van der Waals surface area contributed by atoms with Gasteiger partial charge in [0.25, 0.3) is 0 Å². The number of rotatable bonds is 7. The molecule has 0 radical (unpaired) electrons. The van der Waals surface area contributed by atoms with E-state index < -0.39 is 0 Å². The van der Waals surface area contributed by atoms with Gasteiger partial charge in [-0.2, -0.15) is 0 Å². The Kier molecular flexibility index (Phi) is 8.24. The van der Waals surface area contributed by atoms with Crippen molar-refractivity contribution in [1.82, 2.24) is 5.32 Å². The Morgan fingerprint density at radius 3 is 2.60 bits per heavy atom. The number of unbranched alkanes of at least 4 members (excludes halogenated alkanes) is 1. The second-order valence-corrected chi connectivity index (χ2v) is 2.20. The number of nitrogens with one attached hydrogen (secondary N) is 1. The van der Waals surface area contributed by atoms with Gasteiger partial charge in [0.05, 0.1) is 0 Å². The molecule has 3 heteroatoms. The Hall–Kier alpha value is -0.410. The van der Waals surface area contributed by atoms with E-state index in [9.17, 15) is 4.79 Å². The van der Waals surface area contributed by atoms with E-state index in [1.54, 1.807) is 0 Å². The van der Waals surface area contributed by atoms with Gasteiger partial charge in [0.15, 0.2) is 0 Å². The normalized spacial score (nSPS) is 9.70. The van der Waals surface area contributed by atoms with E-state index in [0.29, 0.717) is 6.42 Å². The summed E-state index contributed by atoms with van der Waals surface area (Å²) in [6, 6.07) is 0. The Morgan fingerprint density at radius 1 is 1.30 bits per heavy atom. The summed E-state index contributed by atoms with van der Waals surface area (Å²) in [5.74, 6) is 0. The summed E-state index contributed by atoms with van der Waals surface area (Å²) in [6.07, 6.45) is 3.56. The lowest BCUT2D eigenvalue weighted by Crippen LogP contribution is -2.19. The van der Waals surface area contributed by atoms with E-state index in [1.165, 1.54) is 0 Å².